The van der Waals surface area contributed by atoms with Gasteiger partial charge < -0.3 is 5.11 Å². The van der Waals surface area contributed by atoms with E-state index < -0.39 is 18.5 Å². The molecule has 0 heterocycles. The van der Waals surface area contributed by atoms with Crippen molar-refractivity contribution in [3.05, 3.63) is 0 Å². The Hall–Kier alpha value is -1.10. The fourth-order valence-corrected chi connectivity index (χ4v) is 0.365. The molecule has 5 heteroatoms. The first-order chi connectivity index (χ1) is 5.20. The Kier molecular flexibility index (Phi) is 5.10. The van der Waals surface area contributed by atoms with E-state index in [0.29, 0.717) is 6.42 Å². The Bertz CT molecular complexity index is 142. The quantitative estimate of drug-likeness (QED) is 0.458. The number of hydrogen-bond donors (Lipinski definition) is 1. The lowest BCUT2D eigenvalue weighted by atomic mass is 10.3. The standard InChI is InChI=1S/C6H10O5/c1-2-3-5(8)10-11-6(9)4-7/h7H,2-4H2,1H3. The second-order valence-electron chi connectivity index (χ2n) is 1.82. The molecule has 0 atom stereocenters. The maximum Gasteiger partial charge on any atom is 0.380 e. The Morgan fingerprint density at radius 2 is 1.82 bits per heavy atom. The summed E-state index contributed by atoms with van der Waals surface area (Å²) in [6.45, 7) is 0.995. The third-order valence-electron chi connectivity index (χ3n) is 0.811. The van der Waals surface area contributed by atoms with Gasteiger partial charge in [-0.05, 0) is 6.42 Å². The van der Waals surface area contributed by atoms with E-state index in [1.54, 1.807) is 6.92 Å². The van der Waals surface area contributed by atoms with Gasteiger partial charge in [-0.15, -0.1) is 0 Å². The molecular weight excluding hydrogens is 152 g/mol. The summed E-state index contributed by atoms with van der Waals surface area (Å²) in [6, 6.07) is 0. The summed E-state index contributed by atoms with van der Waals surface area (Å²) in [5, 5.41) is 8.11. The fraction of sp³-hybridized carbons (Fsp3) is 0.667. The molecule has 0 rings (SSSR count). The maximum atomic E-state index is 10.5. The molecule has 11 heavy (non-hydrogen) atoms. The Balaban J connectivity index is 3.38. The van der Waals surface area contributed by atoms with Crippen LogP contribution in [0.1, 0.15) is 19.8 Å². The van der Waals surface area contributed by atoms with E-state index >= 15 is 0 Å². The van der Waals surface area contributed by atoms with Gasteiger partial charge in [0.15, 0.2) is 0 Å². The van der Waals surface area contributed by atoms with Crippen LogP contribution in [-0.2, 0) is 19.4 Å². The van der Waals surface area contributed by atoms with Gasteiger partial charge in [-0.3, -0.25) is 0 Å². The molecule has 0 aromatic heterocycles. The Morgan fingerprint density at radius 3 is 2.27 bits per heavy atom. The number of aliphatic hydroxyl groups excluding tert-OH is 1. The van der Waals surface area contributed by atoms with E-state index in [2.05, 4.69) is 9.78 Å². The van der Waals surface area contributed by atoms with Crippen LogP contribution in [0.5, 0.6) is 0 Å². The Labute approximate surface area is 63.8 Å². The van der Waals surface area contributed by atoms with E-state index in [-0.39, 0.29) is 6.42 Å². The minimum Gasteiger partial charge on any atom is -0.384 e. The summed E-state index contributed by atoms with van der Waals surface area (Å²) in [5.41, 5.74) is 0. The Morgan fingerprint density at radius 1 is 1.27 bits per heavy atom. The van der Waals surface area contributed by atoms with Crippen LogP contribution < -0.4 is 0 Å². The number of carbonyl (C=O) groups excluding carboxylic acids is 2. The molecule has 0 aromatic rings. The molecule has 0 spiro atoms. The van der Waals surface area contributed by atoms with Crippen LogP contribution >= 0.6 is 0 Å². The highest BCUT2D eigenvalue weighted by molar-refractivity contribution is 5.73. The van der Waals surface area contributed by atoms with Gasteiger partial charge in [-0.2, -0.15) is 0 Å². The highest BCUT2D eigenvalue weighted by atomic mass is 17.2. The average molecular weight is 162 g/mol. The average Bonchev–Trinajstić information content (AvgIpc) is 2.01. The zero-order valence-corrected chi connectivity index (χ0v) is 6.20. The van der Waals surface area contributed by atoms with Crippen molar-refractivity contribution in [2.24, 2.45) is 0 Å². The van der Waals surface area contributed by atoms with Crippen LogP contribution in [0.3, 0.4) is 0 Å². The van der Waals surface area contributed by atoms with E-state index in [1.165, 1.54) is 0 Å². The van der Waals surface area contributed by atoms with Crippen molar-refractivity contribution in [3.8, 4) is 0 Å². The zero-order valence-electron chi connectivity index (χ0n) is 6.20. The SMILES string of the molecule is CCCC(=O)OOC(=O)CO. The monoisotopic (exact) mass is 162 g/mol. The number of rotatable bonds is 3. The highest BCUT2D eigenvalue weighted by Crippen LogP contribution is 1.91. The first kappa shape index (κ1) is 9.90. The van der Waals surface area contributed by atoms with Gasteiger partial charge in [0, 0.05) is 6.42 Å². The van der Waals surface area contributed by atoms with Crippen molar-refractivity contribution >= 4 is 11.9 Å². The van der Waals surface area contributed by atoms with Gasteiger partial charge in [-0.1, -0.05) is 6.92 Å². The molecule has 0 aliphatic rings. The molecule has 5 nitrogen and oxygen atoms in total. The number of hydrogen-bond acceptors (Lipinski definition) is 5. The molecule has 1 N–H and O–H groups in total. The van der Waals surface area contributed by atoms with Crippen molar-refractivity contribution in [1.82, 2.24) is 0 Å². The second-order valence-corrected chi connectivity index (χ2v) is 1.82. The van der Waals surface area contributed by atoms with Crippen LogP contribution in [0.2, 0.25) is 0 Å². The summed E-state index contributed by atoms with van der Waals surface area (Å²) in [6.07, 6.45) is 0.814. The first-order valence-corrected chi connectivity index (χ1v) is 3.21. The van der Waals surface area contributed by atoms with E-state index in [1.807, 2.05) is 0 Å². The van der Waals surface area contributed by atoms with Crippen LogP contribution in [0, 0.1) is 0 Å². The summed E-state index contributed by atoms with van der Waals surface area (Å²) in [5.74, 6) is -1.59. The molecule has 64 valence electrons. The van der Waals surface area contributed by atoms with Crippen LogP contribution in [0.25, 0.3) is 0 Å². The second kappa shape index (κ2) is 5.67. The van der Waals surface area contributed by atoms with Crippen molar-refractivity contribution in [3.63, 3.8) is 0 Å². The minimum absolute atomic E-state index is 0.193. The summed E-state index contributed by atoms with van der Waals surface area (Å²) >= 11 is 0. The lowest BCUT2D eigenvalue weighted by Crippen LogP contribution is -2.13. The zero-order chi connectivity index (χ0) is 8.69. The molecule has 0 saturated carbocycles. The van der Waals surface area contributed by atoms with Crippen LogP contribution in [-0.4, -0.2) is 23.7 Å². The lowest BCUT2D eigenvalue weighted by Gasteiger charge is -1.98. The fourth-order valence-electron chi connectivity index (χ4n) is 0.365. The summed E-state index contributed by atoms with van der Waals surface area (Å²) in [4.78, 5) is 28.5. The topological polar surface area (TPSA) is 72.8 Å². The summed E-state index contributed by atoms with van der Waals surface area (Å²) < 4.78 is 0. The van der Waals surface area contributed by atoms with Crippen molar-refractivity contribution in [2.45, 2.75) is 19.8 Å². The third kappa shape index (κ3) is 5.35. The number of carbonyl (C=O) groups is 2. The maximum absolute atomic E-state index is 10.5. The van der Waals surface area contributed by atoms with Crippen LogP contribution in [0.15, 0.2) is 0 Å². The van der Waals surface area contributed by atoms with Crippen molar-refractivity contribution in [1.29, 1.82) is 0 Å². The largest absolute Gasteiger partial charge is 0.384 e. The van der Waals surface area contributed by atoms with Crippen LogP contribution in [0.4, 0.5) is 0 Å². The molecule has 0 fully saturated rings. The molecule has 0 unspecified atom stereocenters. The normalized spacial score (nSPS) is 8.91. The van der Waals surface area contributed by atoms with Gasteiger partial charge in [0.1, 0.15) is 6.61 Å². The molecule has 0 aromatic carbocycles. The molecule has 0 radical (unpaired) electrons. The first-order valence-electron chi connectivity index (χ1n) is 3.21. The van der Waals surface area contributed by atoms with Crippen molar-refractivity contribution < 1.29 is 24.5 Å². The van der Waals surface area contributed by atoms with Gasteiger partial charge in [0.25, 0.3) is 0 Å². The van der Waals surface area contributed by atoms with Gasteiger partial charge >= 0.3 is 11.9 Å². The predicted molar refractivity (Wildman–Crippen MR) is 34.2 cm³/mol. The highest BCUT2D eigenvalue weighted by Gasteiger charge is 2.06. The smallest absolute Gasteiger partial charge is 0.380 e. The molecule has 0 amide bonds. The predicted octanol–water partition coefficient (Wildman–Crippen LogP) is -0.220. The van der Waals surface area contributed by atoms with Crippen molar-refractivity contribution in [2.75, 3.05) is 6.61 Å². The van der Waals surface area contributed by atoms with E-state index in [0.717, 1.165) is 0 Å². The van der Waals surface area contributed by atoms with Gasteiger partial charge in [-0.25, -0.2) is 19.4 Å². The summed E-state index contributed by atoms with van der Waals surface area (Å²) in [7, 11) is 0. The number of aliphatic hydroxyl groups is 1. The third-order valence-corrected chi connectivity index (χ3v) is 0.811. The molecular formula is C6H10O5. The minimum atomic E-state index is -0.977. The molecule has 0 aliphatic carbocycles. The van der Waals surface area contributed by atoms with E-state index in [9.17, 15) is 9.59 Å². The molecule has 0 saturated heterocycles. The van der Waals surface area contributed by atoms with Gasteiger partial charge in [0.05, 0.1) is 0 Å². The van der Waals surface area contributed by atoms with Gasteiger partial charge in [0.2, 0.25) is 0 Å². The van der Waals surface area contributed by atoms with E-state index in [4.69, 9.17) is 5.11 Å². The lowest BCUT2D eigenvalue weighted by molar-refractivity contribution is -0.260. The molecule has 0 aliphatic heterocycles. The molecule has 0 bridgehead atoms.